The average Bonchev–Trinajstić information content (AvgIpc) is 3.65. The van der Waals surface area contributed by atoms with E-state index in [1.165, 1.54) is 5.56 Å². The summed E-state index contributed by atoms with van der Waals surface area (Å²) < 4.78 is 21.2. The number of nitrogens with zero attached hydrogens (tertiary/aromatic N) is 1. The predicted octanol–water partition coefficient (Wildman–Crippen LogP) is 5.36. The van der Waals surface area contributed by atoms with E-state index >= 15 is 0 Å². The summed E-state index contributed by atoms with van der Waals surface area (Å²) in [6, 6.07) is 17.1. The van der Waals surface area contributed by atoms with E-state index in [-0.39, 0.29) is 29.8 Å². The lowest BCUT2D eigenvalue weighted by atomic mass is 9.91. The first-order valence-electron chi connectivity index (χ1n) is 15.2. The first kappa shape index (κ1) is 36.8. The van der Waals surface area contributed by atoms with E-state index < -0.39 is 6.67 Å². The normalized spacial score (nSPS) is 17.5. The second-order valence-electron chi connectivity index (χ2n) is 11.0. The zero-order valence-corrected chi connectivity index (χ0v) is 26.5. The number of H-pyrrole nitrogens is 1. The number of likely N-dealkylation sites (tertiary alicyclic amines) is 1. The van der Waals surface area contributed by atoms with E-state index in [0.717, 1.165) is 61.4 Å². The maximum absolute atomic E-state index is 13.0. The van der Waals surface area contributed by atoms with Gasteiger partial charge in [0.05, 0.1) is 24.9 Å². The van der Waals surface area contributed by atoms with Crippen LogP contribution in [0.4, 0.5) is 10.1 Å². The lowest BCUT2D eigenvalue weighted by molar-refractivity contribution is -0.120. The van der Waals surface area contributed by atoms with E-state index in [0.29, 0.717) is 25.3 Å². The van der Waals surface area contributed by atoms with Gasteiger partial charge in [-0.25, -0.2) is 4.39 Å². The Morgan fingerprint density at radius 3 is 2.41 bits per heavy atom. The number of halogens is 1. The van der Waals surface area contributed by atoms with Crippen molar-refractivity contribution in [3.63, 3.8) is 0 Å². The number of nitrogens with one attached hydrogen (secondary N) is 2. The fourth-order valence-electron chi connectivity index (χ4n) is 5.15. The van der Waals surface area contributed by atoms with Crippen LogP contribution in [0, 0.1) is 5.92 Å². The number of carbonyl (C=O) groups is 3. The molecular weight excluding hydrogens is 563 g/mol. The minimum Gasteiger partial charge on any atom is -0.382 e. The number of amides is 1. The fourth-order valence-corrected chi connectivity index (χ4v) is 5.15. The van der Waals surface area contributed by atoms with Gasteiger partial charge in [-0.15, -0.1) is 0 Å². The van der Waals surface area contributed by atoms with E-state index in [1.54, 1.807) is 20.3 Å². The Labute approximate surface area is 260 Å². The van der Waals surface area contributed by atoms with Gasteiger partial charge in [-0.2, -0.15) is 0 Å². The van der Waals surface area contributed by atoms with Gasteiger partial charge < -0.3 is 30.3 Å². The van der Waals surface area contributed by atoms with Crippen LogP contribution in [0.3, 0.4) is 0 Å². The van der Waals surface area contributed by atoms with Crippen molar-refractivity contribution >= 4 is 35.1 Å². The number of hydrogen-bond donors (Lipinski definition) is 3. The third kappa shape index (κ3) is 11.9. The highest BCUT2D eigenvalue weighted by molar-refractivity contribution is 5.98. The molecule has 1 aliphatic heterocycles. The Balaban J connectivity index is 0.000000313. The van der Waals surface area contributed by atoms with Crippen molar-refractivity contribution in [1.29, 1.82) is 0 Å². The van der Waals surface area contributed by atoms with Crippen LogP contribution in [0.25, 0.3) is 10.9 Å². The summed E-state index contributed by atoms with van der Waals surface area (Å²) in [5.74, 6) is 0.333. The molecule has 44 heavy (non-hydrogen) atoms. The molecule has 1 aliphatic rings. The van der Waals surface area contributed by atoms with Crippen molar-refractivity contribution in [3.8, 4) is 0 Å². The van der Waals surface area contributed by atoms with Crippen molar-refractivity contribution in [3.05, 3.63) is 65.9 Å². The highest BCUT2D eigenvalue weighted by atomic mass is 19.1. The molecule has 4 N–H and O–H groups in total. The quantitative estimate of drug-likeness (QED) is 0.165. The molecule has 0 bridgehead atoms. The van der Waals surface area contributed by atoms with Gasteiger partial charge in [0.2, 0.25) is 5.91 Å². The molecule has 0 spiro atoms. The summed E-state index contributed by atoms with van der Waals surface area (Å²) >= 11 is 0. The summed E-state index contributed by atoms with van der Waals surface area (Å²) in [6.07, 6.45) is 5.97. The summed E-state index contributed by atoms with van der Waals surface area (Å²) in [5.41, 5.74) is 8.73. The molecule has 9 nitrogen and oxygen atoms in total. The monoisotopic (exact) mass is 612 g/mol. The molecule has 3 unspecified atom stereocenters. The molecule has 1 aromatic heterocycles. The van der Waals surface area contributed by atoms with Gasteiger partial charge in [0.15, 0.2) is 6.29 Å². The Morgan fingerprint density at radius 2 is 1.82 bits per heavy atom. The van der Waals surface area contributed by atoms with Gasteiger partial charge in [-0.05, 0) is 69.1 Å². The summed E-state index contributed by atoms with van der Waals surface area (Å²) in [5, 5.41) is 3.96. The Hall–Kier alpha value is -3.44. The number of ether oxygens (including phenoxy) is 2. The largest absolute Gasteiger partial charge is 0.382 e. The van der Waals surface area contributed by atoms with Crippen LogP contribution >= 0.6 is 0 Å². The molecule has 1 saturated heterocycles. The number of carbonyl (C=O) groups excluding carboxylic acids is 3. The summed E-state index contributed by atoms with van der Waals surface area (Å²) in [4.78, 5) is 39.4. The van der Waals surface area contributed by atoms with E-state index in [2.05, 4.69) is 36.8 Å². The maximum Gasteiger partial charge on any atom is 0.242 e. The minimum atomic E-state index is -0.460. The number of likely N-dealkylation sites (N-methyl/N-ethyl adjacent to an activating group) is 1. The summed E-state index contributed by atoms with van der Waals surface area (Å²) in [6.45, 7) is 3.80. The van der Waals surface area contributed by atoms with Crippen LogP contribution in [0.15, 0.2) is 54.6 Å². The van der Waals surface area contributed by atoms with Crippen LogP contribution < -0.4 is 11.1 Å². The molecular formula is C34H49FN4O5. The lowest BCUT2D eigenvalue weighted by Crippen LogP contribution is -2.40. The van der Waals surface area contributed by atoms with Gasteiger partial charge in [0.1, 0.15) is 13.0 Å². The van der Waals surface area contributed by atoms with Gasteiger partial charge in [-0.3, -0.25) is 14.5 Å². The molecule has 10 heteroatoms. The van der Waals surface area contributed by atoms with Crippen molar-refractivity contribution in [2.75, 3.05) is 53.0 Å². The molecule has 242 valence electrons. The van der Waals surface area contributed by atoms with E-state index in [9.17, 15) is 18.8 Å². The molecule has 0 aliphatic carbocycles. The zero-order chi connectivity index (χ0) is 32.3. The van der Waals surface area contributed by atoms with Crippen LogP contribution in [0.2, 0.25) is 0 Å². The molecule has 3 aromatic rings. The molecule has 0 saturated carbocycles. The molecule has 4 atom stereocenters. The smallest absolute Gasteiger partial charge is 0.242 e. The molecule has 1 fully saturated rings. The molecule has 2 aromatic carbocycles. The molecule has 2 heterocycles. The highest BCUT2D eigenvalue weighted by Gasteiger charge is 2.38. The van der Waals surface area contributed by atoms with E-state index in [1.807, 2.05) is 50.4 Å². The van der Waals surface area contributed by atoms with Gasteiger partial charge in [-0.1, -0.05) is 43.7 Å². The predicted molar refractivity (Wildman–Crippen MR) is 174 cm³/mol. The van der Waals surface area contributed by atoms with Gasteiger partial charge >= 0.3 is 0 Å². The number of aromatic nitrogens is 1. The van der Waals surface area contributed by atoms with Crippen molar-refractivity contribution < 1.29 is 28.2 Å². The fraction of sp³-hybridized carbons (Fsp3) is 0.500. The first-order valence-corrected chi connectivity index (χ1v) is 15.2. The minimum absolute atomic E-state index is 0.00403. The third-order valence-corrected chi connectivity index (χ3v) is 7.74. The Kier molecular flexibility index (Phi) is 17.1. The van der Waals surface area contributed by atoms with Crippen molar-refractivity contribution in [2.45, 2.75) is 57.0 Å². The number of methoxy groups -OCH3 is 2. The summed E-state index contributed by atoms with van der Waals surface area (Å²) in [7, 11) is 5.30. The second kappa shape index (κ2) is 20.5. The number of rotatable bonds is 14. The van der Waals surface area contributed by atoms with Gasteiger partial charge in [0.25, 0.3) is 0 Å². The molecule has 0 radical (unpaired) electrons. The van der Waals surface area contributed by atoms with Crippen LogP contribution in [-0.4, -0.2) is 88.1 Å². The van der Waals surface area contributed by atoms with Crippen molar-refractivity contribution in [2.24, 2.45) is 11.7 Å². The maximum atomic E-state index is 13.0. The van der Waals surface area contributed by atoms with E-state index in [4.69, 9.17) is 5.73 Å². The molecule has 4 rings (SSSR count). The van der Waals surface area contributed by atoms with Gasteiger partial charge in [0, 0.05) is 48.7 Å². The number of anilines is 1. The zero-order valence-electron chi connectivity index (χ0n) is 26.5. The standard InChI is InChI=1S/C21H21N3O2.C9H18FNO.C4H10O2/c1-24-10-9-18(14-5-3-2-4-6-14)20(24)21(26)23-16-7-8-19-15(11-16)12-17(13-25)22-19;1-2-8(7-12)4-3-5-9(11)6-10;1-5-3-4-6-2/h2-8,11-13,18,20,22H,9-10H2,1H3,(H,23,26);7-9H,2-6,11H2,1H3;3-4H2,1-2H3/t18-,20?;;/m1../s1. The number of hydrogen-bond acceptors (Lipinski definition) is 7. The highest BCUT2D eigenvalue weighted by Crippen LogP contribution is 2.33. The lowest BCUT2D eigenvalue weighted by Gasteiger charge is -2.24. The molecule has 1 amide bonds. The Bertz CT molecular complexity index is 1250. The second-order valence-corrected chi connectivity index (χ2v) is 11.0. The first-order chi connectivity index (χ1) is 21.3. The third-order valence-electron chi connectivity index (χ3n) is 7.74. The number of alkyl halides is 1. The van der Waals surface area contributed by atoms with Crippen LogP contribution in [-0.2, 0) is 19.1 Å². The number of fused-ring (bicyclic) bond motifs is 1. The topological polar surface area (TPSA) is 127 Å². The number of benzene rings is 2. The number of aldehydes is 2. The average molecular weight is 613 g/mol. The van der Waals surface area contributed by atoms with Crippen LogP contribution in [0.1, 0.15) is 61.0 Å². The van der Waals surface area contributed by atoms with Crippen molar-refractivity contribution in [1.82, 2.24) is 9.88 Å². The van der Waals surface area contributed by atoms with Crippen LogP contribution in [0.5, 0.6) is 0 Å². The Morgan fingerprint density at radius 1 is 1.11 bits per heavy atom. The number of nitrogens with two attached hydrogens (primary N) is 1. The SMILES string of the molecule is CCC(C=O)CCCC(N)CF.CN1CC[C@H](c2ccccc2)C1C(=O)Nc1ccc2[nH]c(C=O)cc2c1.COCCOC. The number of aromatic amines is 1.